The predicted octanol–water partition coefficient (Wildman–Crippen LogP) is 3.99. The number of allylic oxidation sites excluding steroid dienone is 1. The molecule has 1 amide bonds. The van der Waals surface area contributed by atoms with E-state index in [0.29, 0.717) is 12.3 Å². The van der Waals surface area contributed by atoms with Crippen molar-refractivity contribution in [1.82, 2.24) is 4.90 Å². The van der Waals surface area contributed by atoms with Crippen LogP contribution in [0.5, 0.6) is 5.75 Å². The normalized spacial score (nSPS) is 17.0. The van der Waals surface area contributed by atoms with Crippen LogP contribution in [0, 0.1) is 5.41 Å². The number of methoxy groups -OCH3 is 1. The zero-order valence-electron chi connectivity index (χ0n) is 13.7. The van der Waals surface area contributed by atoms with E-state index in [0.717, 1.165) is 20.8 Å². The number of carbonyl (C=O) groups excluding carboxylic acids is 2. The van der Waals surface area contributed by atoms with Crippen molar-refractivity contribution in [1.29, 1.82) is 0 Å². The number of rotatable bonds is 4. The zero-order valence-corrected chi connectivity index (χ0v) is 16.1. The molecule has 0 radical (unpaired) electrons. The van der Waals surface area contributed by atoms with Crippen molar-refractivity contribution in [2.75, 3.05) is 12.9 Å². The second-order valence-corrected chi connectivity index (χ2v) is 8.18. The Bertz CT molecular complexity index is 664. The maximum absolute atomic E-state index is 12.2. The van der Waals surface area contributed by atoms with Crippen LogP contribution in [0.2, 0.25) is 0 Å². The number of thioether (sulfide) groups is 1. The standard InChI is InChI=1S/C17H20BrNO3S/c1-17(2,3)14(20)8-16-19(15(21)10-23-16)9-11-5-6-13(22-4)12(18)7-11/h5-8H,9-10H2,1-4H3/b16-8-. The number of ketones is 1. The first-order chi connectivity index (χ1) is 10.7. The minimum absolute atomic E-state index is 0.0231. The van der Waals surface area contributed by atoms with Crippen LogP contribution in [0.25, 0.3) is 0 Å². The summed E-state index contributed by atoms with van der Waals surface area (Å²) in [5.41, 5.74) is 0.524. The third-order valence-electron chi connectivity index (χ3n) is 3.46. The third-order valence-corrected chi connectivity index (χ3v) is 5.11. The average Bonchev–Trinajstić information content (AvgIpc) is 2.79. The zero-order chi connectivity index (χ0) is 17.2. The van der Waals surface area contributed by atoms with Crippen molar-refractivity contribution in [3.8, 4) is 5.75 Å². The highest BCUT2D eigenvalue weighted by molar-refractivity contribution is 9.10. The lowest BCUT2D eigenvalue weighted by Gasteiger charge is -2.19. The number of benzene rings is 1. The van der Waals surface area contributed by atoms with E-state index in [1.54, 1.807) is 18.1 Å². The minimum Gasteiger partial charge on any atom is -0.496 e. The third kappa shape index (κ3) is 4.38. The largest absolute Gasteiger partial charge is 0.496 e. The van der Waals surface area contributed by atoms with Gasteiger partial charge in [-0.1, -0.05) is 38.6 Å². The summed E-state index contributed by atoms with van der Waals surface area (Å²) in [6.07, 6.45) is 1.59. The molecule has 0 bridgehead atoms. The maximum atomic E-state index is 12.2. The maximum Gasteiger partial charge on any atom is 0.238 e. The Morgan fingerprint density at radius 3 is 2.70 bits per heavy atom. The van der Waals surface area contributed by atoms with Crippen LogP contribution in [-0.4, -0.2) is 29.5 Å². The van der Waals surface area contributed by atoms with Crippen LogP contribution in [0.4, 0.5) is 0 Å². The molecule has 1 heterocycles. The lowest BCUT2D eigenvalue weighted by atomic mass is 9.91. The van der Waals surface area contributed by atoms with Crippen molar-refractivity contribution >= 4 is 39.4 Å². The van der Waals surface area contributed by atoms with Crippen LogP contribution in [-0.2, 0) is 16.1 Å². The van der Waals surface area contributed by atoms with E-state index in [1.165, 1.54) is 11.8 Å². The van der Waals surface area contributed by atoms with Gasteiger partial charge in [-0.15, -0.1) is 0 Å². The molecule has 0 aliphatic carbocycles. The second kappa shape index (κ2) is 7.09. The van der Waals surface area contributed by atoms with Gasteiger partial charge in [-0.05, 0) is 33.6 Å². The topological polar surface area (TPSA) is 46.6 Å². The first-order valence-corrected chi connectivity index (χ1v) is 9.02. The van der Waals surface area contributed by atoms with Crippen LogP contribution in [0.15, 0.2) is 33.8 Å². The molecule has 1 aliphatic rings. The highest BCUT2D eigenvalue weighted by atomic mass is 79.9. The number of carbonyl (C=O) groups is 2. The van der Waals surface area contributed by atoms with Gasteiger partial charge in [0.1, 0.15) is 5.75 Å². The Morgan fingerprint density at radius 1 is 1.43 bits per heavy atom. The molecule has 1 aromatic rings. The molecule has 0 atom stereocenters. The average molecular weight is 398 g/mol. The summed E-state index contributed by atoms with van der Waals surface area (Å²) < 4.78 is 6.06. The summed E-state index contributed by atoms with van der Waals surface area (Å²) in [5, 5.41) is 0.724. The van der Waals surface area contributed by atoms with Crippen LogP contribution >= 0.6 is 27.7 Å². The van der Waals surface area contributed by atoms with E-state index in [4.69, 9.17) is 4.74 Å². The van der Waals surface area contributed by atoms with Gasteiger partial charge in [-0.3, -0.25) is 9.59 Å². The Balaban J connectivity index is 2.22. The van der Waals surface area contributed by atoms with Crippen LogP contribution in [0.1, 0.15) is 26.3 Å². The molecule has 0 N–H and O–H groups in total. The second-order valence-electron chi connectivity index (χ2n) is 6.33. The first kappa shape index (κ1) is 18.1. The predicted molar refractivity (Wildman–Crippen MR) is 96.2 cm³/mol. The van der Waals surface area contributed by atoms with Gasteiger partial charge < -0.3 is 9.64 Å². The molecular formula is C17H20BrNO3S. The van der Waals surface area contributed by atoms with Crippen molar-refractivity contribution in [3.63, 3.8) is 0 Å². The number of nitrogens with zero attached hydrogens (tertiary/aromatic N) is 1. The van der Waals surface area contributed by atoms with Crippen LogP contribution in [0.3, 0.4) is 0 Å². The highest BCUT2D eigenvalue weighted by Gasteiger charge is 2.29. The lowest BCUT2D eigenvalue weighted by Crippen LogP contribution is -2.25. The molecule has 23 heavy (non-hydrogen) atoms. The Labute approximate surface area is 149 Å². The van der Waals surface area contributed by atoms with E-state index in [-0.39, 0.29) is 11.7 Å². The molecule has 1 aliphatic heterocycles. The van der Waals surface area contributed by atoms with Crippen LogP contribution < -0.4 is 4.74 Å². The Kier molecular flexibility index (Phi) is 5.57. The van der Waals surface area contributed by atoms with Gasteiger partial charge in [-0.2, -0.15) is 0 Å². The number of hydrogen-bond donors (Lipinski definition) is 0. The fraction of sp³-hybridized carbons (Fsp3) is 0.412. The summed E-state index contributed by atoms with van der Waals surface area (Å²) >= 11 is 4.87. The highest BCUT2D eigenvalue weighted by Crippen LogP contribution is 2.33. The van der Waals surface area contributed by atoms with Gasteiger partial charge in [0.05, 0.1) is 28.9 Å². The first-order valence-electron chi connectivity index (χ1n) is 7.24. The smallest absolute Gasteiger partial charge is 0.238 e. The Hall–Kier alpha value is -1.27. The molecule has 1 aromatic carbocycles. The molecule has 1 fully saturated rings. The molecular weight excluding hydrogens is 378 g/mol. The summed E-state index contributed by atoms with van der Waals surface area (Å²) in [6, 6.07) is 5.71. The van der Waals surface area contributed by atoms with E-state index in [9.17, 15) is 9.59 Å². The molecule has 1 saturated heterocycles. The minimum atomic E-state index is -0.450. The molecule has 4 nitrogen and oxygen atoms in total. The molecule has 124 valence electrons. The van der Waals surface area contributed by atoms with Gasteiger partial charge in [0.25, 0.3) is 0 Å². The molecule has 0 unspecified atom stereocenters. The number of amides is 1. The summed E-state index contributed by atoms with van der Waals surface area (Å²) in [5.74, 6) is 1.17. The SMILES string of the molecule is COc1ccc(CN2C(=O)CS/C2=C\C(=O)C(C)(C)C)cc1Br. The van der Waals surface area contributed by atoms with Crippen molar-refractivity contribution in [2.45, 2.75) is 27.3 Å². The van der Waals surface area contributed by atoms with Gasteiger partial charge in [0.2, 0.25) is 5.91 Å². The van der Waals surface area contributed by atoms with Crippen molar-refractivity contribution in [2.24, 2.45) is 5.41 Å². The van der Waals surface area contributed by atoms with Gasteiger partial charge in [0, 0.05) is 11.5 Å². The molecule has 6 heteroatoms. The summed E-state index contributed by atoms with van der Waals surface area (Å²) in [4.78, 5) is 26.0. The van der Waals surface area contributed by atoms with E-state index >= 15 is 0 Å². The van der Waals surface area contributed by atoms with E-state index < -0.39 is 5.41 Å². The number of halogens is 1. The molecule has 2 rings (SSSR count). The van der Waals surface area contributed by atoms with Gasteiger partial charge in [-0.25, -0.2) is 0 Å². The van der Waals surface area contributed by atoms with Crippen molar-refractivity contribution < 1.29 is 14.3 Å². The number of ether oxygens (including phenoxy) is 1. The number of hydrogen-bond acceptors (Lipinski definition) is 4. The summed E-state index contributed by atoms with van der Waals surface area (Å²) in [6.45, 7) is 6.06. The van der Waals surface area contributed by atoms with Gasteiger partial charge in [0.15, 0.2) is 5.78 Å². The molecule has 0 aromatic heterocycles. The fourth-order valence-electron chi connectivity index (χ4n) is 2.02. The quantitative estimate of drug-likeness (QED) is 0.720. The monoisotopic (exact) mass is 397 g/mol. The van der Waals surface area contributed by atoms with E-state index in [2.05, 4.69) is 15.9 Å². The Morgan fingerprint density at radius 2 is 2.13 bits per heavy atom. The summed E-state index contributed by atoms with van der Waals surface area (Å²) in [7, 11) is 1.61. The molecule has 0 saturated carbocycles. The lowest BCUT2D eigenvalue weighted by molar-refractivity contribution is -0.125. The molecule has 0 spiro atoms. The fourth-order valence-corrected chi connectivity index (χ4v) is 3.55. The van der Waals surface area contributed by atoms with Crippen molar-refractivity contribution in [3.05, 3.63) is 39.3 Å². The van der Waals surface area contributed by atoms with Gasteiger partial charge >= 0.3 is 0 Å². The van der Waals surface area contributed by atoms with E-state index in [1.807, 2.05) is 39.0 Å².